The molecule has 0 unspecified atom stereocenters. The fourth-order valence-electron chi connectivity index (χ4n) is 2.08. The van der Waals surface area contributed by atoms with Gasteiger partial charge < -0.3 is 15.8 Å². The monoisotopic (exact) mass is 339 g/mol. The lowest BCUT2D eigenvalue weighted by Crippen LogP contribution is -2.15. The van der Waals surface area contributed by atoms with Crippen LogP contribution in [0.3, 0.4) is 0 Å². The third-order valence-corrected chi connectivity index (χ3v) is 4.06. The number of rotatable bonds is 6. The van der Waals surface area contributed by atoms with E-state index in [-0.39, 0.29) is 12.3 Å². The first-order valence-corrected chi connectivity index (χ1v) is 8.38. The molecule has 6 heteroatoms. The summed E-state index contributed by atoms with van der Waals surface area (Å²) in [5.74, 6) is 0.634. The summed E-state index contributed by atoms with van der Waals surface area (Å²) in [6.45, 7) is 0.325. The minimum Gasteiger partial charge on any atom is -0.493 e. The van der Waals surface area contributed by atoms with Crippen molar-refractivity contribution in [3.05, 3.63) is 60.0 Å². The third-order valence-electron chi connectivity index (χ3n) is 3.30. The van der Waals surface area contributed by atoms with Gasteiger partial charge in [-0.15, -0.1) is 11.3 Å². The predicted molar refractivity (Wildman–Crippen MR) is 97.1 cm³/mol. The maximum absolute atomic E-state index is 12.0. The number of hydrogen-bond donors (Lipinski definition) is 2. The molecule has 5 nitrogen and oxygen atoms in total. The number of hydrogen-bond acceptors (Lipinski definition) is 5. The number of carbonyl (C=O) groups is 1. The molecule has 0 spiro atoms. The standard InChI is InChI=1S/C18H17N3O2S/c19-14-8-6-13(7-9-14)16-12-24-18(20-16)21-17(22)10-11-23-15-4-2-1-3-5-15/h1-9,12H,10-11,19H2,(H,20,21,22). The zero-order valence-corrected chi connectivity index (χ0v) is 13.8. The van der Waals surface area contributed by atoms with Crippen LogP contribution < -0.4 is 15.8 Å². The van der Waals surface area contributed by atoms with E-state index in [2.05, 4.69) is 10.3 Å². The van der Waals surface area contributed by atoms with E-state index in [0.29, 0.717) is 17.4 Å². The van der Waals surface area contributed by atoms with Crippen LogP contribution in [-0.4, -0.2) is 17.5 Å². The number of para-hydroxylation sites is 1. The number of aromatic nitrogens is 1. The highest BCUT2D eigenvalue weighted by atomic mass is 32.1. The molecule has 0 atom stereocenters. The predicted octanol–water partition coefficient (Wildman–Crippen LogP) is 3.80. The summed E-state index contributed by atoms with van der Waals surface area (Å²) in [5, 5.41) is 5.27. The molecule has 1 heterocycles. The Bertz CT molecular complexity index is 801. The quantitative estimate of drug-likeness (QED) is 0.670. The molecule has 3 aromatic rings. The molecule has 122 valence electrons. The fraction of sp³-hybridized carbons (Fsp3) is 0.111. The van der Waals surface area contributed by atoms with Gasteiger partial charge in [0.2, 0.25) is 5.91 Å². The van der Waals surface area contributed by atoms with Gasteiger partial charge in [-0.3, -0.25) is 4.79 Å². The largest absolute Gasteiger partial charge is 0.493 e. The first kappa shape index (κ1) is 16.0. The Morgan fingerprint density at radius 2 is 1.88 bits per heavy atom. The molecule has 0 radical (unpaired) electrons. The van der Waals surface area contributed by atoms with Gasteiger partial charge in [-0.2, -0.15) is 0 Å². The molecule has 0 saturated heterocycles. The third kappa shape index (κ3) is 4.33. The number of ether oxygens (including phenoxy) is 1. The highest BCUT2D eigenvalue weighted by Crippen LogP contribution is 2.25. The van der Waals surface area contributed by atoms with E-state index >= 15 is 0 Å². The summed E-state index contributed by atoms with van der Waals surface area (Å²) < 4.78 is 5.51. The Hall–Kier alpha value is -2.86. The van der Waals surface area contributed by atoms with Gasteiger partial charge in [-0.05, 0) is 24.3 Å². The van der Waals surface area contributed by atoms with Gasteiger partial charge in [0.1, 0.15) is 5.75 Å². The average Bonchev–Trinajstić information content (AvgIpc) is 3.05. The van der Waals surface area contributed by atoms with Crippen molar-refractivity contribution in [1.82, 2.24) is 4.98 Å². The second kappa shape index (κ2) is 7.61. The van der Waals surface area contributed by atoms with Crippen LogP contribution in [0.2, 0.25) is 0 Å². The topological polar surface area (TPSA) is 77.2 Å². The lowest BCUT2D eigenvalue weighted by Gasteiger charge is -2.05. The molecule has 3 rings (SSSR count). The van der Waals surface area contributed by atoms with E-state index in [4.69, 9.17) is 10.5 Å². The molecule has 1 aromatic heterocycles. The normalized spacial score (nSPS) is 10.3. The molecule has 0 aliphatic heterocycles. The molecule has 0 bridgehead atoms. The van der Waals surface area contributed by atoms with Crippen LogP contribution in [0.25, 0.3) is 11.3 Å². The van der Waals surface area contributed by atoms with E-state index in [1.165, 1.54) is 11.3 Å². The number of nitrogens with two attached hydrogens (primary N) is 1. The molecule has 3 N–H and O–H groups in total. The number of nitrogens with one attached hydrogen (secondary N) is 1. The van der Waals surface area contributed by atoms with Gasteiger partial charge in [0, 0.05) is 16.6 Å². The van der Waals surface area contributed by atoms with Crippen LogP contribution in [0, 0.1) is 0 Å². The summed E-state index contributed by atoms with van der Waals surface area (Å²) in [6, 6.07) is 16.9. The van der Waals surface area contributed by atoms with Crippen LogP contribution in [0.1, 0.15) is 6.42 Å². The zero-order chi connectivity index (χ0) is 16.8. The van der Waals surface area contributed by atoms with Crippen molar-refractivity contribution in [3.63, 3.8) is 0 Å². The van der Waals surface area contributed by atoms with E-state index in [0.717, 1.165) is 17.0 Å². The SMILES string of the molecule is Nc1ccc(-c2csc(NC(=O)CCOc3ccccc3)n2)cc1. The number of amides is 1. The van der Waals surface area contributed by atoms with E-state index in [1.54, 1.807) is 0 Å². The molecule has 24 heavy (non-hydrogen) atoms. The van der Waals surface area contributed by atoms with Crippen molar-refractivity contribution in [2.24, 2.45) is 0 Å². The average molecular weight is 339 g/mol. The Balaban J connectivity index is 1.51. The van der Waals surface area contributed by atoms with E-state index in [9.17, 15) is 4.79 Å². The number of nitrogen functional groups attached to an aromatic ring is 1. The van der Waals surface area contributed by atoms with E-state index in [1.807, 2.05) is 60.0 Å². The number of benzene rings is 2. The molecule has 0 fully saturated rings. The summed E-state index contributed by atoms with van der Waals surface area (Å²) in [6.07, 6.45) is 0.270. The van der Waals surface area contributed by atoms with Crippen LogP contribution in [0.4, 0.5) is 10.8 Å². The van der Waals surface area contributed by atoms with Gasteiger partial charge in [0.15, 0.2) is 5.13 Å². The molecule has 0 aliphatic carbocycles. The second-order valence-electron chi connectivity index (χ2n) is 5.12. The molecule has 2 aromatic carbocycles. The van der Waals surface area contributed by atoms with Gasteiger partial charge in [0.25, 0.3) is 0 Å². The second-order valence-corrected chi connectivity index (χ2v) is 5.98. The van der Waals surface area contributed by atoms with Crippen LogP contribution in [0.15, 0.2) is 60.0 Å². The molecular weight excluding hydrogens is 322 g/mol. The lowest BCUT2D eigenvalue weighted by atomic mass is 10.1. The van der Waals surface area contributed by atoms with Crippen molar-refractivity contribution in [2.45, 2.75) is 6.42 Å². The van der Waals surface area contributed by atoms with Crippen LogP contribution in [0.5, 0.6) is 5.75 Å². The molecule has 0 saturated carbocycles. The van der Waals surface area contributed by atoms with Crippen molar-refractivity contribution in [3.8, 4) is 17.0 Å². The maximum atomic E-state index is 12.0. The number of carbonyl (C=O) groups excluding carboxylic acids is 1. The summed E-state index contributed by atoms with van der Waals surface area (Å²) >= 11 is 1.39. The molecular formula is C18H17N3O2S. The van der Waals surface area contributed by atoms with Crippen molar-refractivity contribution in [2.75, 3.05) is 17.7 Å². The van der Waals surface area contributed by atoms with Gasteiger partial charge in [0.05, 0.1) is 18.7 Å². The van der Waals surface area contributed by atoms with Crippen molar-refractivity contribution >= 4 is 28.1 Å². The number of anilines is 2. The summed E-state index contributed by atoms with van der Waals surface area (Å²) in [4.78, 5) is 16.4. The summed E-state index contributed by atoms with van der Waals surface area (Å²) in [7, 11) is 0. The summed E-state index contributed by atoms with van der Waals surface area (Å²) in [5.41, 5.74) is 8.17. The minimum absolute atomic E-state index is 0.121. The Labute approximate surface area is 144 Å². The highest BCUT2D eigenvalue weighted by Gasteiger charge is 2.08. The van der Waals surface area contributed by atoms with E-state index < -0.39 is 0 Å². The lowest BCUT2D eigenvalue weighted by molar-refractivity contribution is -0.116. The fourth-order valence-corrected chi connectivity index (χ4v) is 2.81. The van der Waals surface area contributed by atoms with Gasteiger partial charge in [-0.1, -0.05) is 30.3 Å². The van der Waals surface area contributed by atoms with Gasteiger partial charge in [-0.25, -0.2) is 4.98 Å². The van der Waals surface area contributed by atoms with Crippen molar-refractivity contribution < 1.29 is 9.53 Å². The smallest absolute Gasteiger partial charge is 0.229 e. The zero-order valence-electron chi connectivity index (χ0n) is 12.9. The highest BCUT2D eigenvalue weighted by molar-refractivity contribution is 7.14. The molecule has 1 amide bonds. The van der Waals surface area contributed by atoms with Gasteiger partial charge >= 0.3 is 0 Å². The Morgan fingerprint density at radius 1 is 1.12 bits per heavy atom. The Kier molecular flexibility index (Phi) is 5.08. The van der Waals surface area contributed by atoms with Crippen molar-refractivity contribution in [1.29, 1.82) is 0 Å². The maximum Gasteiger partial charge on any atom is 0.229 e. The molecule has 0 aliphatic rings. The van der Waals surface area contributed by atoms with Crippen LogP contribution in [-0.2, 0) is 4.79 Å². The number of nitrogens with zero attached hydrogens (tertiary/aromatic N) is 1. The minimum atomic E-state index is -0.121. The Morgan fingerprint density at radius 3 is 2.62 bits per heavy atom. The number of thiazole rings is 1. The van der Waals surface area contributed by atoms with Crippen LogP contribution >= 0.6 is 11.3 Å². The first-order chi connectivity index (χ1) is 11.7. The first-order valence-electron chi connectivity index (χ1n) is 7.50.